The number of rotatable bonds is 7. The molecule has 0 radical (unpaired) electrons. The van der Waals surface area contributed by atoms with Gasteiger partial charge in [0.1, 0.15) is 5.01 Å². The van der Waals surface area contributed by atoms with Crippen LogP contribution < -0.4 is 0 Å². The molecule has 0 amide bonds. The Morgan fingerprint density at radius 1 is 1.17 bits per heavy atom. The van der Waals surface area contributed by atoms with Gasteiger partial charge in [0.15, 0.2) is 0 Å². The Morgan fingerprint density at radius 3 is 2.79 bits per heavy atom. The molecule has 2 aromatic rings. The van der Waals surface area contributed by atoms with Crippen LogP contribution in [0.4, 0.5) is 0 Å². The zero-order valence-electron chi connectivity index (χ0n) is 14.1. The minimum Gasteiger partial charge on any atom is -0.378 e. The fourth-order valence-electron chi connectivity index (χ4n) is 3.63. The topological polar surface area (TPSA) is 25.4 Å². The van der Waals surface area contributed by atoms with E-state index in [9.17, 15) is 0 Å². The van der Waals surface area contributed by atoms with Crippen LogP contribution >= 0.6 is 11.3 Å². The van der Waals surface area contributed by atoms with Crippen LogP contribution in [0, 0.1) is 11.8 Å². The minimum absolute atomic E-state index is 0.415. The smallest absolute Gasteiger partial charge is 0.107 e. The lowest BCUT2D eigenvalue weighted by Gasteiger charge is -2.38. The van der Waals surface area contributed by atoms with Crippen molar-refractivity contribution in [1.29, 1.82) is 0 Å². The van der Waals surface area contributed by atoms with Crippen LogP contribution in [-0.4, -0.2) is 35.7 Å². The fourth-order valence-corrected chi connectivity index (χ4v) is 4.29. The maximum atomic E-state index is 6.34. The Balaban J connectivity index is 1.40. The molecule has 1 saturated carbocycles. The third-order valence-electron chi connectivity index (χ3n) is 5.17. The fraction of sp³-hybridized carbons (Fsp3) is 0.550. The lowest BCUT2D eigenvalue weighted by atomic mass is 9.88. The number of ether oxygens (including phenoxy) is 1. The number of hydrogen-bond donors (Lipinski definition) is 0. The van der Waals surface area contributed by atoms with Crippen molar-refractivity contribution in [2.24, 2.45) is 11.8 Å². The summed E-state index contributed by atoms with van der Waals surface area (Å²) in [5.41, 5.74) is 1.43. The van der Waals surface area contributed by atoms with E-state index < -0.39 is 0 Å². The van der Waals surface area contributed by atoms with Crippen molar-refractivity contribution in [2.75, 3.05) is 19.7 Å². The van der Waals surface area contributed by atoms with Gasteiger partial charge in [-0.3, -0.25) is 4.90 Å². The van der Waals surface area contributed by atoms with E-state index in [1.807, 2.05) is 6.20 Å². The maximum Gasteiger partial charge on any atom is 0.107 e. The quantitative estimate of drug-likeness (QED) is 0.760. The molecule has 24 heavy (non-hydrogen) atoms. The van der Waals surface area contributed by atoms with Gasteiger partial charge in [-0.05, 0) is 37.2 Å². The predicted octanol–water partition coefficient (Wildman–Crippen LogP) is 4.00. The molecule has 0 unspecified atom stereocenters. The standard InChI is InChI=1S/C20H26N2OS/c1-2-4-16(5-3-1)12-18-13-22(14-20-21-9-11-24-20)10-8-19(18)23-15-17-6-7-17/h1-5,9,11,17-19H,6-8,10,12-15H2/t18-,19-/m1/s1. The molecule has 4 heteroatoms. The molecule has 2 atom stereocenters. The number of benzene rings is 1. The number of aromatic nitrogens is 1. The second kappa shape index (κ2) is 7.77. The highest BCUT2D eigenvalue weighted by Crippen LogP contribution is 2.32. The van der Waals surface area contributed by atoms with Crippen LogP contribution in [0.2, 0.25) is 0 Å². The molecule has 128 valence electrons. The van der Waals surface area contributed by atoms with Crippen molar-refractivity contribution in [2.45, 2.75) is 38.3 Å². The van der Waals surface area contributed by atoms with Crippen LogP contribution in [0.1, 0.15) is 29.8 Å². The maximum absolute atomic E-state index is 6.34. The van der Waals surface area contributed by atoms with Crippen molar-refractivity contribution >= 4 is 11.3 Å². The molecule has 1 aliphatic heterocycles. The van der Waals surface area contributed by atoms with E-state index >= 15 is 0 Å². The zero-order valence-corrected chi connectivity index (χ0v) is 15.0. The average Bonchev–Trinajstić information content (AvgIpc) is 3.30. The van der Waals surface area contributed by atoms with Gasteiger partial charge >= 0.3 is 0 Å². The molecule has 2 aliphatic rings. The van der Waals surface area contributed by atoms with Crippen molar-refractivity contribution in [3.63, 3.8) is 0 Å². The lowest BCUT2D eigenvalue weighted by Crippen LogP contribution is -2.45. The number of likely N-dealkylation sites (tertiary alicyclic amines) is 1. The summed E-state index contributed by atoms with van der Waals surface area (Å²) in [4.78, 5) is 7.01. The molecule has 0 bridgehead atoms. The van der Waals surface area contributed by atoms with Crippen LogP contribution in [0.3, 0.4) is 0 Å². The molecule has 4 rings (SSSR count). The highest BCUT2D eigenvalue weighted by atomic mass is 32.1. The Labute approximate surface area is 148 Å². The Kier molecular flexibility index (Phi) is 5.26. The van der Waals surface area contributed by atoms with E-state index in [1.165, 1.54) is 23.4 Å². The summed E-state index contributed by atoms with van der Waals surface area (Å²) in [6.45, 7) is 4.20. The number of hydrogen-bond acceptors (Lipinski definition) is 4. The van der Waals surface area contributed by atoms with Crippen LogP contribution in [0.5, 0.6) is 0 Å². The van der Waals surface area contributed by atoms with Crippen molar-refractivity contribution in [3.05, 3.63) is 52.5 Å². The average molecular weight is 343 g/mol. The predicted molar refractivity (Wildman–Crippen MR) is 98.1 cm³/mol. The third-order valence-corrected chi connectivity index (χ3v) is 5.94. The molecule has 1 saturated heterocycles. The number of nitrogens with zero attached hydrogens (tertiary/aromatic N) is 2. The summed E-state index contributed by atoms with van der Waals surface area (Å²) < 4.78 is 6.34. The van der Waals surface area contributed by atoms with Crippen LogP contribution in [0.15, 0.2) is 41.9 Å². The van der Waals surface area contributed by atoms with Crippen LogP contribution in [0.25, 0.3) is 0 Å². The van der Waals surface area contributed by atoms with E-state index in [0.717, 1.165) is 45.0 Å². The van der Waals surface area contributed by atoms with Crippen molar-refractivity contribution < 1.29 is 4.74 Å². The molecular formula is C20H26N2OS. The molecule has 0 spiro atoms. The third kappa shape index (κ3) is 4.44. The first-order chi connectivity index (χ1) is 11.9. The highest BCUT2D eigenvalue weighted by Gasteiger charge is 2.32. The first-order valence-corrected chi connectivity index (χ1v) is 10.0. The van der Waals surface area contributed by atoms with Gasteiger partial charge in [0.2, 0.25) is 0 Å². The molecular weight excluding hydrogens is 316 g/mol. The Morgan fingerprint density at radius 2 is 2.04 bits per heavy atom. The normalized spacial score (nSPS) is 25.0. The summed E-state index contributed by atoms with van der Waals surface area (Å²) in [6.07, 6.45) is 7.32. The summed E-state index contributed by atoms with van der Waals surface area (Å²) >= 11 is 1.76. The van der Waals surface area contributed by atoms with Gasteiger partial charge in [-0.1, -0.05) is 30.3 Å². The molecule has 3 nitrogen and oxygen atoms in total. The second-order valence-corrected chi connectivity index (χ2v) is 8.19. The first kappa shape index (κ1) is 16.2. The van der Waals surface area contributed by atoms with Gasteiger partial charge in [-0.25, -0.2) is 4.98 Å². The van der Waals surface area contributed by atoms with Gasteiger partial charge in [-0.2, -0.15) is 0 Å². The molecule has 0 N–H and O–H groups in total. The number of thiazole rings is 1. The van der Waals surface area contributed by atoms with E-state index in [-0.39, 0.29) is 0 Å². The SMILES string of the molecule is c1ccc(C[C@@H]2CN(Cc3nccs3)CC[C@H]2OCC2CC2)cc1. The van der Waals surface area contributed by atoms with Gasteiger partial charge in [-0.15, -0.1) is 11.3 Å². The molecule has 1 aromatic heterocycles. The molecule has 1 aromatic carbocycles. The molecule has 2 fully saturated rings. The van der Waals surface area contributed by atoms with E-state index in [2.05, 4.69) is 45.6 Å². The second-order valence-electron chi connectivity index (χ2n) is 7.21. The summed E-state index contributed by atoms with van der Waals surface area (Å²) in [5.74, 6) is 1.43. The van der Waals surface area contributed by atoms with Gasteiger partial charge in [0.05, 0.1) is 12.6 Å². The molecule has 2 heterocycles. The van der Waals surface area contributed by atoms with Crippen molar-refractivity contribution in [1.82, 2.24) is 9.88 Å². The van der Waals surface area contributed by atoms with E-state index in [4.69, 9.17) is 4.74 Å². The molecule has 1 aliphatic carbocycles. The number of piperidine rings is 1. The lowest BCUT2D eigenvalue weighted by molar-refractivity contribution is -0.0390. The highest BCUT2D eigenvalue weighted by molar-refractivity contribution is 7.09. The summed E-state index contributed by atoms with van der Waals surface area (Å²) in [5, 5.41) is 3.30. The Hall–Kier alpha value is -1.23. The Bertz CT molecular complexity index is 612. The van der Waals surface area contributed by atoms with Crippen molar-refractivity contribution in [3.8, 4) is 0 Å². The zero-order chi connectivity index (χ0) is 16.2. The van der Waals surface area contributed by atoms with Gasteiger partial charge in [0.25, 0.3) is 0 Å². The summed E-state index contributed by atoms with van der Waals surface area (Å²) in [6, 6.07) is 10.9. The van der Waals surface area contributed by atoms with Crippen LogP contribution in [-0.2, 0) is 17.7 Å². The van der Waals surface area contributed by atoms with E-state index in [1.54, 1.807) is 11.3 Å². The minimum atomic E-state index is 0.415. The van der Waals surface area contributed by atoms with Gasteiger partial charge in [0, 0.05) is 37.2 Å². The monoisotopic (exact) mass is 342 g/mol. The van der Waals surface area contributed by atoms with E-state index in [0.29, 0.717) is 12.0 Å². The largest absolute Gasteiger partial charge is 0.378 e. The first-order valence-electron chi connectivity index (χ1n) is 9.13. The summed E-state index contributed by atoms with van der Waals surface area (Å²) in [7, 11) is 0. The van der Waals surface area contributed by atoms with Gasteiger partial charge < -0.3 is 4.74 Å².